The molecule has 4 nitrogen and oxygen atoms in total. The Bertz CT molecular complexity index is 169. The Hall–Kier alpha value is -0.610. The first-order valence-electron chi connectivity index (χ1n) is 5.11. The van der Waals surface area contributed by atoms with E-state index >= 15 is 0 Å². The number of amides is 1. The first-order valence-corrected chi connectivity index (χ1v) is 5.11. The third kappa shape index (κ3) is 5.94. The molecule has 1 unspecified atom stereocenters. The Morgan fingerprint density at radius 2 is 2.00 bits per heavy atom. The van der Waals surface area contributed by atoms with Crippen molar-refractivity contribution in [2.45, 2.75) is 26.3 Å². The highest BCUT2D eigenvalue weighted by atomic mass is 16.1. The minimum Gasteiger partial charge on any atom is -0.352 e. The second kappa shape index (κ2) is 6.79. The maximum absolute atomic E-state index is 11.4. The molecular formula is C10H23N3O. The quantitative estimate of drug-likeness (QED) is 0.638. The van der Waals surface area contributed by atoms with E-state index in [9.17, 15) is 4.79 Å². The first kappa shape index (κ1) is 13.4. The lowest BCUT2D eigenvalue weighted by Crippen LogP contribution is -2.44. The van der Waals surface area contributed by atoms with E-state index in [-0.39, 0.29) is 11.9 Å². The van der Waals surface area contributed by atoms with Crippen LogP contribution >= 0.6 is 0 Å². The summed E-state index contributed by atoms with van der Waals surface area (Å²) in [6, 6.07) is 0.102. The molecule has 0 saturated carbocycles. The summed E-state index contributed by atoms with van der Waals surface area (Å²) in [6.45, 7) is 5.40. The van der Waals surface area contributed by atoms with Crippen molar-refractivity contribution in [3.63, 3.8) is 0 Å². The number of carbonyl (C=O) groups excluding carboxylic acids is 1. The molecule has 0 fully saturated rings. The topological polar surface area (TPSA) is 58.4 Å². The Kier molecular flexibility index (Phi) is 6.49. The normalized spacial score (nSPS) is 13.4. The fraction of sp³-hybridized carbons (Fsp3) is 0.900. The zero-order valence-corrected chi connectivity index (χ0v) is 9.71. The molecule has 0 aromatic heterocycles. The van der Waals surface area contributed by atoms with E-state index in [1.54, 1.807) is 0 Å². The van der Waals surface area contributed by atoms with E-state index < -0.39 is 0 Å². The minimum atomic E-state index is 0.0860. The van der Waals surface area contributed by atoms with Gasteiger partial charge in [-0.1, -0.05) is 13.8 Å². The number of carbonyl (C=O) groups is 1. The van der Waals surface area contributed by atoms with E-state index in [4.69, 9.17) is 5.73 Å². The van der Waals surface area contributed by atoms with Gasteiger partial charge >= 0.3 is 0 Å². The summed E-state index contributed by atoms with van der Waals surface area (Å²) in [5.41, 5.74) is 5.55. The second-order valence-electron chi connectivity index (χ2n) is 4.21. The van der Waals surface area contributed by atoms with Crippen molar-refractivity contribution < 1.29 is 4.79 Å². The molecule has 0 aromatic rings. The number of hydrogen-bond acceptors (Lipinski definition) is 3. The van der Waals surface area contributed by atoms with Crippen LogP contribution in [0.4, 0.5) is 0 Å². The van der Waals surface area contributed by atoms with Crippen LogP contribution in [0.15, 0.2) is 0 Å². The van der Waals surface area contributed by atoms with Gasteiger partial charge in [0.1, 0.15) is 0 Å². The Morgan fingerprint density at radius 3 is 2.36 bits per heavy atom. The number of hydrogen-bond donors (Lipinski definition) is 2. The highest BCUT2D eigenvalue weighted by molar-refractivity contribution is 5.76. The molecule has 84 valence electrons. The van der Waals surface area contributed by atoms with Crippen LogP contribution < -0.4 is 11.1 Å². The van der Waals surface area contributed by atoms with Crippen molar-refractivity contribution in [2.24, 2.45) is 11.7 Å². The summed E-state index contributed by atoms with van der Waals surface area (Å²) in [5.74, 6) is 0.478. The summed E-state index contributed by atoms with van der Waals surface area (Å²) in [7, 11) is 3.91. The van der Waals surface area contributed by atoms with Crippen LogP contribution in [0.2, 0.25) is 0 Å². The molecule has 1 atom stereocenters. The number of nitrogens with two attached hydrogens (primary N) is 1. The highest BCUT2D eigenvalue weighted by Crippen LogP contribution is 1.99. The summed E-state index contributed by atoms with van der Waals surface area (Å²) < 4.78 is 0. The standard InChI is InChI=1S/C10H23N3O/c1-8(2)9(7-11)12-10(14)5-6-13(3)4/h8-9H,5-7,11H2,1-4H3,(H,12,14). The molecule has 0 aliphatic heterocycles. The van der Waals surface area contributed by atoms with Crippen molar-refractivity contribution >= 4 is 5.91 Å². The Morgan fingerprint density at radius 1 is 1.43 bits per heavy atom. The molecule has 4 heteroatoms. The number of rotatable bonds is 6. The lowest BCUT2D eigenvalue weighted by Gasteiger charge is -2.20. The summed E-state index contributed by atoms with van der Waals surface area (Å²) in [6.07, 6.45) is 0.538. The summed E-state index contributed by atoms with van der Waals surface area (Å²) in [4.78, 5) is 13.4. The van der Waals surface area contributed by atoms with E-state index in [1.807, 2.05) is 19.0 Å². The average Bonchev–Trinajstić information content (AvgIpc) is 2.10. The van der Waals surface area contributed by atoms with E-state index in [1.165, 1.54) is 0 Å². The largest absolute Gasteiger partial charge is 0.352 e. The van der Waals surface area contributed by atoms with Gasteiger partial charge in [-0.05, 0) is 20.0 Å². The number of nitrogens with one attached hydrogen (secondary N) is 1. The van der Waals surface area contributed by atoms with Crippen LogP contribution in [-0.4, -0.2) is 44.0 Å². The van der Waals surface area contributed by atoms with Crippen LogP contribution in [-0.2, 0) is 4.79 Å². The van der Waals surface area contributed by atoms with E-state index in [0.717, 1.165) is 6.54 Å². The first-order chi connectivity index (χ1) is 6.47. The van der Waals surface area contributed by atoms with Gasteiger partial charge in [0.15, 0.2) is 0 Å². The van der Waals surface area contributed by atoms with Crippen LogP contribution in [0, 0.1) is 5.92 Å². The van der Waals surface area contributed by atoms with Gasteiger partial charge in [0.05, 0.1) is 0 Å². The molecule has 0 saturated heterocycles. The van der Waals surface area contributed by atoms with Crippen LogP contribution in [0.25, 0.3) is 0 Å². The number of nitrogens with zero attached hydrogens (tertiary/aromatic N) is 1. The molecule has 1 amide bonds. The average molecular weight is 201 g/mol. The minimum absolute atomic E-state index is 0.0860. The molecule has 0 aliphatic carbocycles. The van der Waals surface area contributed by atoms with Gasteiger partial charge in [-0.25, -0.2) is 0 Å². The molecule has 0 aromatic carbocycles. The molecule has 0 rings (SSSR count). The van der Waals surface area contributed by atoms with Gasteiger partial charge in [0, 0.05) is 25.6 Å². The lowest BCUT2D eigenvalue weighted by molar-refractivity contribution is -0.122. The fourth-order valence-electron chi connectivity index (χ4n) is 1.10. The van der Waals surface area contributed by atoms with Gasteiger partial charge < -0.3 is 16.0 Å². The molecule has 0 aliphatic rings. The van der Waals surface area contributed by atoms with Crippen LogP contribution in [0.3, 0.4) is 0 Å². The smallest absolute Gasteiger partial charge is 0.221 e. The van der Waals surface area contributed by atoms with E-state index in [2.05, 4.69) is 19.2 Å². The third-order valence-electron chi connectivity index (χ3n) is 2.19. The molecular weight excluding hydrogens is 178 g/mol. The zero-order chi connectivity index (χ0) is 11.1. The van der Waals surface area contributed by atoms with Crippen molar-refractivity contribution in [3.8, 4) is 0 Å². The Balaban J connectivity index is 3.79. The van der Waals surface area contributed by atoms with Gasteiger partial charge in [-0.15, -0.1) is 0 Å². The highest BCUT2D eigenvalue weighted by Gasteiger charge is 2.13. The van der Waals surface area contributed by atoms with Crippen molar-refractivity contribution in [2.75, 3.05) is 27.2 Å². The van der Waals surface area contributed by atoms with Crippen molar-refractivity contribution in [1.29, 1.82) is 0 Å². The molecule has 0 heterocycles. The van der Waals surface area contributed by atoms with E-state index in [0.29, 0.717) is 18.9 Å². The lowest BCUT2D eigenvalue weighted by atomic mass is 10.0. The van der Waals surface area contributed by atoms with Crippen molar-refractivity contribution in [1.82, 2.24) is 10.2 Å². The SMILES string of the molecule is CC(C)C(CN)NC(=O)CCN(C)C. The molecule has 0 bridgehead atoms. The zero-order valence-electron chi connectivity index (χ0n) is 9.71. The van der Waals surface area contributed by atoms with Gasteiger partial charge in [0.2, 0.25) is 5.91 Å². The van der Waals surface area contributed by atoms with Crippen LogP contribution in [0.1, 0.15) is 20.3 Å². The summed E-state index contributed by atoms with van der Waals surface area (Å²) in [5, 5.41) is 2.93. The van der Waals surface area contributed by atoms with Crippen molar-refractivity contribution in [3.05, 3.63) is 0 Å². The summed E-state index contributed by atoms with van der Waals surface area (Å²) >= 11 is 0. The maximum atomic E-state index is 11.4. The second-order valence-corrected chi connectivity index (χ2v) is 4.21. The third-order valence-corrected chi connectivity index (χ3v) is 2.19. The predicted octanol–water partition coefficient (Wildman–Crippen LogP) is 0.0376. The Labute approximate surface area is 86.8 Å². The molecule has 14 heavy (non-hydrogen) atoms. The van der Waals surface area contributed by atoms with Gasteiger partial charge in [-0.3, -0.25) is 4.79 Å². The van der Waals surface area contributed by atoms with Gasteiger partial charge in [0.25, 0.3) is 0 Å². The predicted molar refractivity (Wildman–Crippen MR) is 59.0 cm³/mol. The fourth-order valence-corrected chi connectivity index (χ4v) is 1.10. The van der Waals surface area contributed by atoms with Gasteiger partial charge in [-0.2, -0.15) is 0 Å². The molecule has 0 radical (unpaired) electrons. The monoisotopic (exact) mass is 201 g/mol. The molecule has 0 spiro atoms. The maximum Gasteiger partial charge on any atom is 0.221 e. The van der Waals surface area contributed by atoms with Crippen LogP contribution in [0.5, 0.6) is 0 Å². The molecule has 3 N–H and O–H groups in total.